The molecule has 0 aliphatic heterocycles. The van der Waals surface area contributed by atoms with E-state index in [1.807, 2.05) is 29.5 Å². The summed E-state index contributed by atoms with van der Waals surface area (Å²) in [7, 11) is 3.12. The fourth-order valence-electron chi connectivity index (χ4n) is 1.78. The van der Waals surface area contributed by atoms with Gasteiger partial charge in [0.05, 0.1) is 8.49 Å². The van der Waals surface area contributed by atoms with Crippen LogP contribution in [-0.2, 0) is 0 Å². The van der Waals surface area contributed by atoms with Crippen LogP contribution in [0.25, 0.3) is 0 Å². The van der Waals surface area contributed by atoms with Crippen LogP contribution in [-0.4, -0.2) is 47.3 Å². The molecule has 0 fully saturated rings. The molecule has 1 aromatic rings. The summed E-state index contributed by atoms with van der Waals surface area (Å²) in [4.78, 5) is 37.6. The van der Waals surface area contributed by atoms with Crippen molar-refractivity contribution >= 4 is 40.2 Å². The van der Waals surface area contributed by atoms with Gasteiger partial charge >= 0.3 is 6.03 Å². The van der Waals surface area contributed by atoms with E-state index in [0.717, 1.165) is 11.3 Å². The number of nitro groups is 1. The zero-order chi connectivity index (χ0) is 16.9. The third-order valence-electron chi connectivity index (χ3n) is 2.98. The van der Waals surface area contributed by atoms with E-state index in [0.29, 0.717) is 9.99 Å². The number of nitro benzene ring substituents is 1. The standard InChI is InChI=1S/C14H18IN3O4/c1-4-5-8-17(14(20)16(2)3)13(19)10-6-7-11(15)12(9-10)18(21)22/h6-7,9H,4-5,8H2,1-3H3. The quantitative estimate of drug-likeness (QED) is 0.417. The first-order valence-corrected chi connectivity index (χ1v) is 7.84. The summed E-state index contributed by atoms with van der Waals surface area (Å²) in [6.07, 6.45) is 1.51. The molecule has 1 rings (SSSR count). The lowest BCUT2D eigenvalue weighted by atomic mass is 10.1. The number of carbonyl (C=O) groups is 2. The Morgan fingerprint density at radius 1 is 1.32 bits per heavy atom. The number of hydrogen-bond donors (Lipinski definition) is 0. The van der Waals surface area contributed by atoms with Gasteiger partial charge in [-0.05, 0) is 41.1 Å². The molecule has 0 saturated carbocycles. The van der Waals surface area contributed by atoms with E-state index in [2.05, 4.69) is 0 Å². The Bertz CT molecular complexity index is 589. The number of rotatable bonds is 5. The molecule has 0 aliphatic carbocycles. The summed E-state index contributed by atoms with van der Waals surface area (Å²) in [5.74, 6) is -0.522. The second-order valence-corrected chi connectivity index (χ2v) is 6.07. The first kappa shape index (κ1) is 18.3. The van der Waals surface area contributed by atoms with Gasteiger partial charge in [-0.1, -0.05) is 13.3 Å². The molecule has 0 bridgehead atoms. The molecule has 120 valence electrons. The van der Waals surface area contributed by atoms with Crippen molar-refractivity contribution < 1.29 is 14.5 Å². The molecule has 8 heteroatoms. The number of imide groups is 1. The molecule has 0 aromatic heterocycles. The minimum atomic E-state index is -0.539. The van der Waals surface area contributed by atoms with Crippen LogP contribution >= 0.6 is 22.6 Å². The average molecular weight is 419 g/mol. The molecular formula is C14H18IN3O4. The van der Waals surface area contributed by atoms with Crippen molar-refractivity contribution in [3.05, 3.63) is 37.4 Å². The van der Waals surface area contributed by atoms with Crippen molar-refractivity contribution in [1.29, 1.82) is 0 Å². The van der Waals surface area contributed by atoms with Gasteiger partial charge < -0.3 is 4.90 Å². The summed E-state index contributed by atoms with van der Waals surface area (Å²) in [5.41, 5.74) is -0.00221. The SMILES string of the molecule is CCCCN(C(=O)c1ccc(I)c([N+](=O)[O-])c1)C(=O)N(C)C. The molecule has 0 aliphatic rings. The molecule has 1 aromatic carbocycles. The number of benzene rings is 1. The predicted molar refractivity (Wildman–Crippen MR) is 90.8 cm³/mol. The Hall–Kier alpha value is -1.71. The normalized spacial score (nSPS) is 10.2. The van der Waals surface area contributed by atoms with E-state index in [4.69, 9.17) is 0 Å². The summed E-state index contributed by atoms with van der Waals surface area (Å²) in [5, 5.41) is 11.0. The maximum atomic E-state index is 12.5. The molecule has 0 unspecified atom stereocenters. The van der Waals surface area contributed by atoms with Gasteiger partial charge in [-0.2, -0.15) is 0 Å². The highest BCUT2D eigenvalue weighted by Crippen LogP contribution is 2.23. The monoisotopic (exact) mass is 419 g/mol. The molecule has 0 saturated heterocycles. The number of halogens is 1. The first-order chi connectivity index (χ1) is 10.3. The number of nitrogens with zero attached hydrogens (tertiary/aromatic N) is 3. The third-order valence-corrected chi connectivity index (χ3v) is 3.90. The van der Waals surface area contributed by atoms with Crippen molar-refractivity contribution in [2.45, 2.75) is 19.8 Å². The van der Waals surface area contributed by atoms with Crippen LogP contribution in [0.3, 0.4) is 0 Å². The average Bonchev–Trinajstić information content (AvgIpc) is 2.47. The molecule has 7 nitrogen and oxygen atoms in total. The smallest absolute Gasteiger partial charge is 0.326 e. The molecule has 0 radical (unpaired) electrons. The van der Waals surface area contributed by atoms with Crippen LogP contribution in [0.2, 0.25) is 0 Å². The highest BCUT2D eigenvalue weighted by molar-refractivity contribution is 14.1. The lowest BCUT2D eigenvalue weighted by molar-refractivity contribution is -0.385. The minimum Gasteiger partial charge on any atom is -0.330 e. The van der Waals surface area contributed by atoms with Gasteiger partial charge in [0, 0.05) is 32.3 Å². The number of hydrogen-bond acceptors (Lipinski definition) is 4. The van der Waals surface area contributed by atoms with Crippen LogP contribution < -0.4 is 0 Å². The van der Waals surface area contributed by atoms with Gasteiger partial charge in [-0.15, -0.1) is 0 Å². The van der Waals surface area contributed by atoms with E-state index >= 15 is 0 Å². The molecule has 3 amide bonds. The van der Waals surface area contributed by atoms with Gasteiger partial charge in [-0.3, -0.25) is 19.8 Å². The van der Waals surface area contributed by atoms with Crippen LogP contribution in [0.15, 0.2) is 18.2 Å². The molecule has 0 atom stereocenters. The van der Waals surface area contributed by atoms with E-state index in [9.17, 15) is 19.7 Å². The Labute approximate surface area is 142 Å². The molecule has 0 spiro atoms. The zero-order valence-electron chi connectivity index (χ0n) is 12.7. The second-order valence-electron chi connectivity index (χ2n) is 4.91. The fraction of sp³-hybridized carbons (Fsp3) is 0.429. The highest BCUT2D eigenvalue weighted by atomic mass is 127. The number of amides is 3. The van der Waals surface area contributed by atoms with Gasteiger partial charge in [-0.25, -0.2) is 4.79 Å². The maximum absolute atomic E-state index is 12.5. The summed E-state index contributed by atoms with van der Waals surface area (Å²) in [6, 6.07) is 3.79. The summed E-state index contributed by atoms with van der Waals surface area (Å²) in [6.45, 7) is 2.24. The highest BCUT2D eigenvalue weighted by Gasteiger charge is 2.25. The van der Waals surface area contributed by atoms with Crippen molar-refractivity contribution in [1.82, 2.24) is 9.80 Å². The topological polar surface area (TPSA) is 83.8 Å². The van der Waals surface area contributed by atoms with Crippen LogP contribution in [0.5, 0.6) is 0 Å². The molecule has 0 N–H and O–H groups in total. The van der Waals surface area contributed by atoms with Gasteiger partial charge in [0.25, 0.3) is 11.6 Å². The predicted octanol–water partition coefficient (Wildman–Crippen LogP) is 3.12. The summed E-state index contributed by atoms with van der Waals surface area (Å²) < 4.78 is 0.443. The third kappa shape index (κ3) is 4.39. The Balaban J connectivity index is 3.15. The van der Waals surface area contributed by atoms with Crippen molar-refractivity contribution in [2.75, 3.05) is 20.6 Å². The fourth-order valence-corrected chi connectivity index (χ4v) is 2.32. The minimum absolute atomic E-state index is 0.137. The van der Waals surface area contributed by atoms with Crippen molar-refractivity contribution in [3.63, 3.8) is 0 Å². The van der Waals surface area contributed by atoms with E-state index in [1.165, 1.54) is 23.1 Å². The van der Waals surface area contributed by atoms with Gasteiger partial charge in [0.2, 0.25) is 0 Å². The van der Waals surface area contributed by atoms with Gasteiger partial charge in [0.1, 0.15) is 0 Å². The molecular weight excluding hydrogens is 401 g/mol. The number of urea groups is 1. The first-order valence-electron chi connectivity index (χ1n) is 6.76. The van der Waals surface area contributed by atoms with Crippen molar-refractivity contribution in [2.24, 2.45) is 0 Å². The largest absolute Gasteiger partial charge is 0.330 e. The Morgan fingerprint density at radius 3 is 2.45 bits per heavy atom. The lowest BCUT2D eigenvalue weighted by Crippen LogP contribution is -2.43. The maximum Gasteiger partial charge on any atom is 0.326 e. The van der Waals surface area contributed by atoms with E-state index in [-0.39, 0.29) is 17.8 Å². The van der Waals surface area contributed by atoms with E-state index < -0.39 is 16.9 Å². The van der Waals surface area contributed by atoms with E-state index in [1.54, 1.807) is 14.1 Å². The Kier molecular flexibility index (Phi) is 6.72. The summed E-state index contributed by atoms with van der Waals surface area (Å²) >= 11 is 1.84. The van der Waals surface area contributed by atoms with Crippen LogP contribution in [0.1, 0.15) is 30.1 Å². The second kappa shape index (κ2) is 8.06. The lowest BCUT2D eigenvalue weighted by Gasteiger charge is -2.24. The Morgan fingerprint density at radius 2 is 1.95 bits per heavy atom. The molecule has 22 heavy (non-hydrogen) atoms. The zero-order valence-corrected chi connectivity index (χ0v) is 14.9. The number of carbonyl (C=O) groups excluding carboxylic acids is 2. The molecule has 0 heterocycles. The van der Waals surface area contributed by atoms with Crippen LogP contribution in [0, 0.1) is 13.7 Å². The number of unbranched alkanes of at least 4 members (excludes halogenated alkanes) is 1. The van der Waals surface area contributed by atoms with Gasteiger partial charge in [0.15, 0.2) is 0 Å². The van der Waals surface area contributed by atoms with Crippen LogP contribution in [0.4, 0.5) is 10.5 Å². The van der Waals surface area contributed by atoms with Crippen molar-refractivity contribution in [3.8, 4) is 0 Å².